The lowest BCUT2D eigenvalue weighted by Crippen LogP contribution is -2.51. The fourth-order valence-electron chi connectivity index (χ4n) is 3.37. The molecule has 0 bridgehead atoms. The van der Waals surface area contributed by atoms with Gasteiger partial charge >= 0.3 is 0 Å². The summed E-state index contributed by atoms with van der Waals surface area (Å²) in [7, 11) is -3.73. The number of carbonyl (C=O) groups is 2. The third-order valence-electron chi connectivity index (χ3n) is 5.58. The number of hydrogen-bond donors (Lipinski definition) is 1. The SMILES string of the molecule is CCNC(=O)[C@@H](C)N(Cc1ccccc1C)C(=O)CN(c1ccc(C)c(C)c1)S(C)(=O)=O. The molecule has 0 spiro atoms. The summed E-state index contributed by atoms with van der Waals surface area (Å²) in [4.78, 5) is 27.4. The van der Waals surface area contributed by atoms with E-state index >= 15 is 0 Å². The molecule has 0 aliphatic heterocycles. The highest BCUT2D eigenvalue weighted by atomic mass is 32.2. The number of anilines is 1. The minimum atomic E-state index is -3.73. The van der Waals surface area contributed by atoms with Crippen LogP contribution in [-0.4, -0.2) is 50.5 Å². The lowest BCUT2D eigenvalue weighted by atomic mass is 10.1. The number of benzene rings is 2. The number of sulfonamides is 1. The van der Waals surface area contributed by atoms with Crippen LogP contribution in [0.3, 0.4) is 0 Å². The van der Waals surface area contributed by atoms with Gasteiger partial charge in [-0.15, -0.1) is 0 Å². The molecular weight excluding hydrogens is 426 g/mol. The lowest BCUT2D eigenvalue weighted by Gasteiger charge is -2.32. The number of aryl methyl sites for hydroxylation is 3. The van der Waals surface area contributed by atoms with Crippen molar-refractivity contribution in [3.05, 3.63) is 64.7 Å². The first-order chi connectivity index (χ1) is 15.0. The lowest BCUT2D eigenvalue weighted by molar-refractivity contribution is -0.139. The number of amides is 2. The Balaban J connectivity index is 2.42. The highest BCUT2D eigenvalue weighted by Gasteiger charge is 2.30. The van der Waals surface area contributed by atoms with Gasteiger partial charge in [0.2, 0.25) is 21.8 Å². The number of nitrogens with one attached hydrogen (secondary N) is 1. The maximum absolute atomic E-state index is 13.4. The van der Waals surface area contributed by atoms with Crippen molar-refractivity contribution in [3.63, 3.8) is 0 Å². The monoisotopic (exact) mass is 459 g/mol. The molecule has 0 radical (unpaired) electrons. The van der Waals surface area contributed by atoms with Gasteiger partial charge in [-0.1, -0.05) is 30.3 Å². The molecule has 8 heteroatoms. The normalized spacial score (nSPS) is 12.2. The van der Waals surface area contributed by atoms with E-state index < -0.39 is 28.5 Å². The minimum absolute atomic E-state index is 0.203. The number of rotatable bonds is 9. The van der Waals surface area contributed by atoms with E-state index in [9.17, 15) is 18.0 Å². The van der Waals surface area contributed by atoms with Crippen LogP contribution in [0, 0.1) is 20.8 Å². The second kappa shape index (κ2) is 10.6. The number of likely N-dealkylation sites (N-methyl/N-ethyl adjacent to an activating group) is 1. The molecule has 2 aromatic rings. The maximum Gasteiger partial charge on any atom is 0.244 e. The van der Waals surface area contributed by atoms with Crippen molar-refractivity contribution in [2.24, 2.45) is 0 Å². The standard InChI is InChI=1S/C24H33N3O4S/c1-7-25-24(29)20(5)26(15-21-11-9-8-10-18(21)3)23(28)16-27(32(6,30)31)22-13-12-17(2)19(4)14-22/h8-14,20H,7,15-16H2,1-6H3,(H,25,29)/t20-/m1/s1. The summed E-state index contributed by atoms with van der Waals surface area (Å²) in [6.07, 6.45) is 1.08. The quantitative estimate of drug-likeness (QED) is 0.625. The Labute approximate surface area is 191 Å². The fourth-order valence-corrected chi connectivity index (χ4v) is 4.21. The van der Waals surface area contributed by atoms with Crippen LogP contribution < -0.4 is 9.62 Å². The molecule has 32 heavy (non-hydrogen) atoms. The van der Waals surface area contributed by atoms with E-state index in [1.165, 1.54) is 4.90 Å². The van der Waals surface area contributed by atoms with Crippen LogP contribution in [-0.2, 0) is 26.2 Å². The molecule has 0 aromatic heterocycles. The Kier molecular flexibility index (Phi) is 8.44. The first-order valence-corrected chi connectivity index (χ1v) is 12.5. The molecule has 0 saturated carbocycles. The summed E-state index contributed by atoms with van der Waals surface area (Å²) >= 11 is 0. The first kappa shape index (κ1) is 25.4. The molecule has 0 saturated heterocycles. The van der Waals surface area contributed by atoms with Crippen LogP contribution in [0.2, 0.25) is 0 Å². The summed E-state index contributed by atoms with van der Waals surface area (Å²) < 4.78 is 26.3. The van der Waals surface area contributed by atoms with Gasteiger partial charge in [0, 0.05) is 13.1 Å². The average molecular weight is 460 g/mol. The van der Waals surface area contributed by atoms with E-state index in [1.54, 1.807) is 19.1 Å². The molecule has 0 fully saturated rings. The highest BCUT2D eigenvalue weighted by Crippen LogP contribution is 2.22. The second-order valence-electron chi connectivity index (χ2n) is 8.06. The predicted molar refractivity (Wildman–Crippen MR) is 128 cm³/mol. The zero-order chi connectivity index (χ0) is 24.1. The van der Waals surface area contributed by atoms with Gasteiger partial charge in [0.1, 0.15) is 12.6 Å². The van der Waals surface area contributed by atoms with E-state index in [2.05, 4.69) is 5.32 Å². The third kappa shape index (κ3) is 6.32. The molecule has 2 rings (SSSR count). The Hall–Kier alpha value is -2.87. The Morgan fingerprint density at radius 3 is 2.22 bits per heavy atom. The second-order valence-corrected chi connectivity index (χ2v) is 9.96. The highest BCUT2D eigenvalue weighted by molar-refractivity contribution is 7.92. The summed E-state index contributed by atoms with van der Waals surface area (Å²) in [5.74, 6) is -0.734. The molecule has 1 N–H and O–H groups in total. The van der Waals surface area contributed by atoms with E-state index in [4.69, 9.17) is 0 Å². The molecule has 0 heterocycles. The van der Waals surface area contributed by atoms with E-state index in [0.29, 0.717) is 12.2 Å². The van der Waals surface area contributed by atoms with Crippen molar-refractivity contribution in [2.45, 2.75) is 47.2 Å². The van der Waals surface area contributed by atoms with Crippen molar-refractivity contribution in [2.75, 3.05) is 23.7 Å². The summed E-state index contributed by atoms with van der Waals surface area (Å²) in [6.45, 7) is 9.48. The number of carbonyl (C=O) groups excluding carboxylic acids is 2. The minimum Gasteiger partial charge on any atom is -0.355 e. The Morgan fingerprint density at radius 1 is 1.00 bits per heavy atom. The molecule has 0 unspecified atom stereocenters. The maximum atomic E-state index is 13.4. The van der Waals surface area contributed by atoms with Gasteiger partial charge in [0.25, 0.3) is 0 Å². The van der Waals surface area contributed by atoms with Gasteiger partial charge in [0.05, 0.1) is 11.9 Å². The number of nitrogens with zero attached hydrogens (tertiary/aromatic N) is 2. The topological polar surface area (TPSA) is 86.8 Å². The summed E-state index contributed by atoms with van der Waals surface area (Å²) in [6, 6.07) is 12.1. The molecule has 2 amide bonds. The van der Waals surface area contributed by atoms with Crippen molar-refractivity contribution >= 4 is 27.5 Å². The van der Waals surface area contributed by atoms with Crippen LogP contribution >= 0.6 is 0 Å². The zero-order valence-electron chi connectivity index (χ0n) is 19.7. The van der Waals surface area contributed by atoms with E-state index in [1.807, 2.05) is 58.0 Å². The largest absolute Gasteiger partial charge is 0.355 e. The zero-order valence-corrected chi connectivity index (χ0v) is 20.5. The predicted octanol–water partition coefficient (Wildman–Crippen LogP) is 2.93. The molecule has 7 nitrogen and oxygen atoms in total. The smallest absolute Gasteiger partial charge is 0.244 e. The van der Waals surface area contributed by atoms with Gasteiger partial charge in [-0.3, -0.25) is 13.9 Å². The fraction of sp³-hybridized carbons (Fsp3) is 0.417. The molecule has 174 valence electrons. The van der Waals surface area contributed by atoms with E-state index in [0.717, 1.165) is 32.8 Å². The van der Waals surface area contributed by atoms with Crippen LogP contribution in [0.4, 0.5) is 5.69 Å². The third-order valence-corrected chi connectivity index (χ3v) is 6.72. The van der Waals surface area contributed by atoms with Crippen LogP contribution in [0.1, 0.15) is 36.1 Å². The van der Waals surface area contributed by atoms with Crippen LogP contribution in [0.5, 0.6) is 0 Å². The number of hydrogen-bond acceptors (Lipinski definition) is 4. The van der Waals surface area contributed by atoms with Gasteiger partial charge < -0.3 is 10.2 Å². The molecular formula is C24H33N3O4S. The van der Waals surface area contributed by atoms with Gasteiger partial charge in [0.15, 0.2) is 0 Å². The van der Waals surface area contributed by atoms with Crippen molar-refractivity contribution in [1.82, 2.24) is 10.2 Å². The van der Waals surface area contributed by atoms with Crippen molar-refractivity contribution < 1.29 is 18.0 Å². The molecule has 0 aliphatic rings. The van der Waals surface area contributed by atoms with Gasteiger partial charge in [-0.2, -0.15) is 0 Å². The Bertz CT molecular complexity index is 1080. The molecule has 2 aromatic carbocycles. The van der Waals surface area contributed by atoms with Gasteiger partial charge in [-0.05, 0) is 69.0 Å². The molecule has 1 atom stereocenters. The Morgan fingerprint density at radius 2 is 1.66 bits per heavy atom. The first-order valence-electron chi connectivity index (χ1n) is 10.6. The molecule has 0 aliphatic carbocycles. The van der Waals surface area contributed by atoms with Crippen LogP contribution in [0.15, 0.2) is 42.5 Å². The summed E-state index contributed by atoms with van der Waals surface area (Å²) in [5.41, 5.74) is 4.26. The summed E-state index contributed by atoms with van der Waals surface area (Å²) in [5, 5.41) is 2.75. The average Bonchev–Trinajstić information content (AvgIpc) is 2.72. The van der Waals surface area contributed by atoms with Crippen LogP contribution in [0.25, 0.3) is 0 Å². The van der Waals surface area contributed by atoms with Gasteiger partial charge in [-0.25, -0.2) is 8.42 Å². The van der Waals surface area contributed by atoms with Crippen molar-refractivity contribution in [3.8, 4) is 0 Å². The van der Waals surface area contributed by atoms with E-state index in [-0.39, 0.29) is 12.5 Å². The van der Waals surface area contributed by atoms with Crippen molar-refractivity contribution in [1.29, 1.82) is 0 Å².